The minimum atomic E-state index is 1.06. The predicted octanol–water partition coefficient (Wildman–Crippen LogP) is 3.79. The molecule has 75 valence electrons. The van der Waals surface area contributed by atoms with Crippen molar-refractivity contribution >= 4 is 6.29 Å². The molecule has 0 saturated heterocycles. The van der Waals surface area contributed by atoms with Crippen LogP contribution < -0.4 is 0 Å². The van der Waals surface area contributed by atoms with Crippen LogP contribution in [0.5, 0.6) is 0 Å². The maximum Gasteiger partial charge on any atom is 0.225 e. The molecule has 0 spiro atoms. The summed E-state index contributed by atoms with van der Waals surface area (Å²) in [6.45, 7) is 4.23. The van der Waals surface area contributed by atoms with Crippen molar-refractivity contribution in [2.24, 2.45) is 0 Å². The van der Waals surface area contributed by atoms with E-state index in [0.29, 0.717) is 0 Å². The summed E-state index contributed by atoms with van der Waals surface area (Å²) in [4.78, 5) is 9.99. The average Bonchev–Trinajstić information content (AvgIpc) is 2.11. The Hall–Kier alpha value is -0.590. The lowest BCUT2D eigenvalue weighted by atomic mass is 10.1. The van der Waals surface area contributed by atoms with Gasteiger partial charge >= 0.3 is 0 Å². The highest BCUT2D eigenvalue weighted by atomic mass is 16.1. The first-order chi connectivity index (χ1) is 6.31. The third kappa shape index (κ3) is 9.32. The van der Waals surface area contributed by atoms with Gasteiger partial charge in [-0.25, -0.2) is 0 Å². The van der Waals surface area contributed by atoms with Crippen LogP contribution in [0.3, 0.4) is 0 Å². The van der Waals surface area contributed by atoms with Crippen molar-refractivity contribution in [3.8, 4) is 0 Å². The molecule has 1 radical (unpaired) electrons. The summed E-state index contributed by atoms with van der Waals surface area (Å²) in [6.07, 6.45) is 12.3. The summed E-state index contributed by atoms with van der Waals surface area (Å²) in [5.41, 5.74) is 1.16. The molecular formula is C12H21O. The number of unbranched alkanes of at least 4 members (excludes halogenated alkanes) is 5. The van der Waals surface area contributed by atoms with E-state index in [-0.39, 0.29) is 0 Å². The first-order valence-corrected chi connectivity index (χ1v) is 5.34. The molecule has 1 heteroatoms. The Balaban J connectivity index is 3.16. The smallest absolute Gasteiger partial charge is 0.225 e. The Morgan fingerprint density at radius 1 is 1.15 bits per heavy atom. The highest BCUT2D eigenvalue weighted by Crippen LogP contribution is 2.10. The molecule has 0 aromatic heterocycles. The van der Waals surface area contributed by atoms with Crippen LogP contribution in [-0.4, -0.2) is 6.29 Å². The van der Waals surface area contributed by atoms with Crippen LogP contribution in [0.4, 0.5) is 0 Å². The number of carbonyl (C=O) groups excluding carboxylic acids is 1. The SMILES string of the molecule is CCCCCCCCC(C)=C[C]=O. The number of hydrogen-bond acceptors (Lipinski definition) is 1. The van der Waals surface area contributed by atoms with Crippen molar-refractivity contribution in [1.82, 2.24) is 0 Å². The Bertz CT molecular complexity index is 147. The van der Waals surface area contributed by atoms with Crippen LogP contribution in [0.2, 0.25) is 0 Å². The maximum absolute atomic E-state index is 9.99. The van der Waals surface area contributed by atoms with Gasteiger partial charge in [-0.05, 0) is 25.8 Å². The van der Waals surface area contributed by atoms with Crippen LogP contribution in [0, 0.1) is 0 Å². The number of hydrogen-bond donors (Lipinski definition) is 0. The lowest BCUT2D eigenvalue weighted by Gasteiger charge is -2.00. The average molecular weight is 181 g/mol. The van der Waals surface area contributed by atoms with E-state index in [0.717, 1.165) is 12.0 Å². The minimum absolute atomic E-state index is 1.06. The first kappa shape index (κ1) is 12.4. The summed E-state index contributed by atoms with van der Waals surface area (Å²) >= 11 is 0. The zero-order chi connectivity index (χ0) is 9.94. The molecule has 0 saturated carbocycles. The van der Waals surface area contributed by atoms with E-state index >= 15 is 0 Å². The van der Waals surface area contributed by atoms with E-state index in [9.17, 15) is 4.79 Å². The molecule has 0 N–H and O–H groups in total. The van der Waals surface area contributed by atoms with E-state index in [4.69, 9.17) is 0 Å². The van der Waals surface area contributed by atoms with Gasteiger partial charge < -0.3 is 0 Å². The fourth-order valence-electron chi connectivity index (χ4n) is 1.36. The van der Waals surface area contributed by atoms with Crippen LogP contribution >= 0.6 is 0 Å². The van der Waals surface area contributed by atoms with Crippen molar-refractivity contribution in [1.29, 1.82) is 0 Å². The maximum atomic E-state index is 9.99. The van der Waals surface area contributed by atoms with E-state index in [1.807, 2.05) is 13.2 Å². The standard InChI is InChI=1S/C12H21O/c1-3-4-5-6-7-8-9-12(2)10-11-13/h10H,3-9H2,1-2H3. The lowest BCUT2D eigenvalue weighted by Crippen LogP contribution is -1.81. The fraction of sp³-hybridized carbons (Fsp3) is 0.750. The zero-order valence-electron chi connectivity index (χ0n) is 8.94. The molecule has 0 aliphatic heterocycles. The van der Waals surface area contributed by atoms with Crippen LogP contribution in [0.1, 0.15) is 58.8 Å². The van der Waals surface area contributed by atoms with Gasteiger partial charge in [-0.3, -0.25) is 4.79 Å². The molecule has 0 rings (SSSR count). The number of allylic oxidation sites excluding steroid dienone is 2. The molecular weight excluding hydrogens is 160 g/mol. The van der Waals surface area contributed by atoms with Crippen LogP contribution in [0.25, 0.3) is 0 Å². The normalized spacial score (nSPS) is 11.7. The Morgan fingerprint density at radius 3 is 2.38 bits per heavy atom. The predicted molar refractivity (Wildman–Crippen MR) is 57.4 cm³/mol. The van der Waals surface area contributed by atoms with Gasteiger partial charge in [0.15, 0.2) is 0 Å². The summed E-state index contributed by atoms with van der Waals surface area (Å²) in [5.74, 6) is 0. The molecule has 0 aromatic carbocycles. The molecule has 0 amide bonds. The topological polar surface area (TPSA) is 17.1 Å². The molecule has 0 fully saturated rings. The van der Waals surface area contributed by atoms with Crippen molar-refractivity contribution in [3.05, 3.63) is 11.6 Å². The van der Waals surface area contributed by atoms with Crippen molar-refractivity contribution in [2.45, 2.75) is 58.8 Å². The quantitative estimate of drug-likeness (QED) is 0.411. The van der Waals surface area contributed by atoms with Gasteiger partial charge in [-0.15, -0.1) is 0 Å². The Morgan fingerprint density at radius 2 is 1.77 bits per heavy atom. The summed E-state index contributed by atoms with van der Waals surface area (Å²) in [6, 6.07) is 0. The Labute approximate surface area is 82.2 Å². The van der Waals surface area contributed by atoms with Crippen LogP contribution in [0.15, 0.2) is 11.6 Å². The first-order valence-electron chi connectivity index (χ1n) is 5.34. The second-order valence-electron chi connectivity index (χ2n) is 3.63. The molecule has 0 aromatic rings. The second-order valence-corrected chi connectivity index (χ2v) is 3.63. The fourth-order valence-corrected chi connectivity index (χ4v) is 1.36. The molecule has 1 nitrogen and oxygen atoms in total. The van der Waals surface area contributed by atoms with Crippen LogP contribution in [-0.2, 0) is 4.79 Å². The minimum Gasteiger partial charge on any atom is -0.286 e. The van der Waals surface area contributed by atoms with E-state index in [1.165, 1.54) is 38.5 Å². The summed E-state index contributed by atoms with van der Waals surface area (Å²) in [5, 5.41) is 0. The lowest BCUT2D eigenvalue weighted by molar-refractivity contribution is 0.563. The highest BCUT2D eigenvalue weighted by molar-refractivity contribution is 5.66. The van der Waals surface area contributed by atoms with Gasteiger partial charge in [0.2, 0.25) is 6.29 Å². The van der Waals surface area contributed by atoms with Gasteiger partial charge in [0.05, 0.1) is 0 Å². The molecule has 0 unspecified atom stereocenters. The summed E-state index contributed by atoms with van der Waals surface area (Å²) < 4.78 is 0. The largest absolute Gasteiger partial charge is 0.286 e. The van der Waals surface area contributed by atoms with E-state index in [1.54, 1.807) is 6.08 Å². The molecule has 0 bridgehead atoms. The molecule has 0 heterocycles. The van der Waals surface area contributed by atoms with Crippen molar-refractivity contribution < 1.29 is 4.79 Å². The molecule has 0 aliphatic carbocycles. The van der Waals surface area contributed by atoms with Gasteiger partial charge in [-0.1, -0.05) is 44.6 Å². The third-order valence-electron chi connectivity index (χ3n) is 2.23. The third-order valence-corrected chi connectivity index (χ3v) is 2.23. The second kappa shape index (κ2) is 9.50. The molecule has 0 atom stereocenters. The molecule has 0 aliphatic rings. The van der Waals surface area contributed by atoms with Gasteiger partial charge in [0.1, 0.15) is 0 Å². The zero-order valence-corrected chi connectivity index (χ0v) is 8.94. The van der Waals surface area contributed by atoms with Gasteiger partial charge in [0.25, 0.3) is 0 Å². The van der Waals surface area contributed by atoms with Gasteiger partial charge in [-0.2, -0.15) is 0 Å². The Kier molecular flexibility index (Phi) is 9.07. The van der Waals surface area contributed by atoms with E-state index < -0.39 is 0 Å². The van der Waals surface area contributed by atoms with Crippen molar-refractivity contribution in [3.63, 3.8) is 0 Å². The van der Waals surface area contributed by atoms with E-state index in [2.05, 4.69) is 6.92 Å². The molecule has 13 heavy (non-hydrogen) atoms. The monoisotopic (exact) mass is 181 g/mol. The summed E-state index contributed by atoms with van der Waals surface area (Å²) in [7, 11) is 0. The van der Waals surface area contributed by atoms with Crippen molar-refractivity contribution in [2.75, 3.05) is 0 Å². The van der Waals surface area contributed by atoms with Gasteiger partial charge in [0, 0.05) is 0 Å². The number of rotatable bonds is 8. The highest BCUT2D eigenvalue weighted by Gasteiger charge is 1.91.